The molecule has 3 heterocycles. The van der Waals surface area contributed by atoms with Gasteiger partial charge in [0, 0.05) is 36.9 Å². The zero-order chi connectivity index (χ0) is 13.4. The summed E-state index contributed by atoms with van der Waals surface area (Å²) in [6.45, 7) is 8.78. The predicted molar refractivity (Wildman–Crippen MR) is 74.4 cm³/mol. The van der Waals surface area contributed by atoms with Crippen LogP contribution < -0.4 is 4.90 Å². The monoisotopic (exact) mass is 262 g/mol. The Hall–Kier alpha value is -1.20. The SMILES string of the molecule is Cc1cc(C)nc(N2C[C@@H]3COC[C@H](C2)N(C)C3)n1. The Morgan fingerprint density at radius 1 is 1.11 bits per heavy atom. The number of likely N-dealkylation sites (N-methyl/N-ethyl adjacent to an activating group) is 1. The fourth-order valence-corrected chi connectivity index (χ4v) is 3.06. The van der Waals surface area contributed by atoms with Crippen molar-refractivity contribution in [3.63, 3.8) is 0 Å². The lowest BCUT2D eigenvalue weighted by molar-refractivity contribution is 0.0928. The van der Waals surface area contributed by atoms with Crippen LogP contribution in [-0.2, 0) is 4.74 Å². The predicted octanol–water partition coefficient (Wildman–Crippen LogP) is 0.860. The van der Waals surface area contributed by atoms with Gasteiger partial charge in [-0.2, -0.15) is 0 Å². The Bertz CT molecular complexity index is 445. The van der Waals surface area contributed by atoms with Crippen molar-refractivity contribution in [2.75, 3.05) is 44.8 Å². The highest BCUT2D eigenvalue weighted by molar-refractivity contribution is 5.33. The maximum atomic E-state index is 5.75. The molecular weight excluding hydrogens is 240 g/mol. The second kappa shape index (κ2) is 5.06. The highest BCUT2D eigenvalue weighted by Gasteiger charge is 2.32. The summed E-state index contributed by atoms with van der Waals surface area (Å²) in [5, 5.41) is 0. The van der Waals surface area contributed by atoms with Crippen LogP contribution in [0, 0.1) is 19.8 Å². The molecule has 2 saturated heterocycles. The van der Waals surface area contributed by atoms with Crippen molar-refractivity contribution >= 4 is 5.95 Å². The maximum Gasteiger partial charge on any atom is 0.225 e. The number of hydrogen-bond donors (Lipinski definition) is 0. The van der Waals surface area contributed by atoms with Crippen LogP contribution in [0.1, 0.15) is 11.4 Å². The molecule has 2 fully saturated rings. The Kier molecular flexibility index (Phi) is 3.41. The van der Waals surface area contributed by atoms with Crippen LogP contribution in [0.5, 0.6) is 0 Å². The first-order valence-corrected chi connectivity index (χ1v) is 6.97. The number of aromatic nitrogens is 2. The third-order valence-corrected chi connectivity index (χ3v) is 4.00. The van der Waals surface area contributed by atoms with Crippen molar-refractivity contribution in [3.05, 3.63) is 17.5 Å². The second-order valence-corrected chi connectivity index (χ2v) is 5.85. The first kappa shape index (κ1) is 12.8. The van der Waals surface area contributed by atoms with Crippen LogP contribution in [0.4, 0.5) is 5.95 Å². The van der Waals surface area contributed by atoms with E-state index in [0.717, 1.165) is 50.2 Å². The fraction of sp³-hybridized carbons (Fsp3) is 0.714. The average Bonchev–Trinajstić information content (AvgIpc) is 2.55. The molecule has 2 atom stereocenters. The van der Waals surface area contributed by atoms with Crippen LogP contribution >= 0.6 is 0 Å². The van der Waals surface area contributed by atoms with E-state index in [0.29, 0.717) is 12.0 Å². The largest absolute Gasteiger partial charge is 0.379 e. The molecule has 0 N–H and O–H groups in total. The Balaban J connectivity index is 1.88. The molecule has 104 valence electrons. The van der Waals surface area contributed by atoms with Gasteiger partial charge in [0.15, 0.2) is 0 Å². The second-order valence-electron chi connectivity index (χ2n) is 5.85. The summed E-state index contributed by atoms with van der Waals surface area (Å²) in [5.41, 5.74) is 2.09. The van der Waals surface area contributed by atoms with Crippen LogP contribution in [-0.4, -0.2) is 60.8 Å². The molecule has 1 aromatic rings. The Morgan fingerprint density at radius 3 is 2.58 bits per heavy atom. The van der Waals surface area contributed by atoms with Crippen molar-refractivity contribution in [1.82, 2.24) is 14.9 Å². The number of ether oxygens (including phenoxy) is 1. The molecule has 5 nitrogen and oxygen atoms in total. The molecule has 0 saturated carbocycles. The van der Waals surface area contributed by atoms with E-state index in [1.165, 1.54) is 0 Å². The van der Waals surface area contributed by atoms with Gasteiger partial charge < -0.3 is 9.64 Å². The van der Waals surface area contributed by atoms with Crippen molar-refractivity contribution < 1.29 is 4.74 Å². The van der Waals surface area contributed by atoms with Crippen LogP contribution in [0.15, 0.2) is 6.07 Å². The highest BCUT2D eigenvalue weighted by atomic mass is 16.5. The molecule has 2 aliphatic rings. The van der Waals surface area contributed by atoms with Gasteiger partial charge in [-0.3, -0.25) is 4.90 Å². The molecule has 0 aromatic carbocycles. The fourth-order valence-electron chi connectivity index (χ4n) is 3.06. The lowest BCUT2D eigenvalue weighted by atomic mass is 10.1. The average molecular weight is 262 g/mol. The summed E-state index contributed by atoms with van der Waals surface area (Å²) in [6.07, 6.45) is 0. The van der Waals surface area contributed by atoms with Crippen molar-refractivity contribution in [3.8, 4) is 0 Å². The summed E-state index contributed by atoms with van der Waals surface area (Å²) in [4.78, 5) is 14.0. The maximum absolute atomic E-state index is 5.75. The third kappa shape index (κ3) is 2.72. The summed E-state index contributed by atoms with van der Waals surface area (Å²) >= 11 is 0. The van der Waals surface area contributed by atoms with Crippen LogP contribution in [0.2, 0.25) is 0 Å². The summed E-state index contributed by atoms with van der Waals surface area (Å²) in [5.74, 6) is 1.42. The molecule has 3 rings (SSSR count). The van der Waals surface area contributed by atoms with Crippen molar-refractivity contribution in [2.45, 2.75) is 19.9 Å². The van der Waals surface area contributed by atoms with E-state index in [4.69, 9.17) is 4.74 Å². The van der Waals surface area contributed by atoms with Gasteiger partial charge in [-0.1, -0.05) is 0 Å². The van der Waals surface area contributed by atoms with Gasteiger partial charge in [0.05, 0.1) is 19.3 Å². The molecule has 0 radical (unpaired) electrons. The van der Waals surface area contributed by atoms with E-state index in [1.54, 1.807) is 0 Å². The van der Waals surface area contributed by atoms with Crippen molar-refractivity contribution in [2.24, 2.45) is 5.92 Å². The normalized spacial score (nSPS) is 28.3. The molecule has 0 aliphatic carbocycles. The molecule has 0 spiro atoms. The van der Waals surface area contributed by atoms with Crippen LogP contribution in [0.25, 0.3) is 0 Å². The quantitative estimate of drug-likeness (QED) is 0.751. The molecule has 5 heteroatoms. The number of aryl methyl sites for hydroxylation is 2. The minimum absolute atomic E-state index is 0.442. The standard InChI is InChI=1S/C14H22N4O/c1-10-4-11(2)16-14(15-10)18-6-12-5-17(3)13(7-18)9-19-8-12/h4,12-13H,5-9H2,1-3H3/t12-,13+/m1/s1. The van der Waals surface area contributed by atoms with Gasteiger partial charge in [0.2, 0.25) is 5.95 Å². The number of hydrogen-bond acceptors (Lipinski definition) is 5. The lowest BCUT2D eigenvalue weighted by Crippen LogP contribution is -2.43. The number of anilines is 1. The first-order valence-electron chi connectivity index (χ1n) is 6.97. The van der Waals surface area contributed by atoms with Gasteiger partial charge in [-0.05, 0) is 27.0 Å². The first-order chi connectivity index (χ1) is 9.11. The van der Waals surface area contributed by atoms with E-state index in [2.05, 4.69) is 26.8 Å². The van der Waals surface area contributed by atoms with Gasteiger partial charge in [-0.25, -0.2) is 9.97 Å². The smallest absolute Gasteiger partial charge is 0.225 e. The van der Waals surface area contributed by atoms with Gasteiger partial charge in [0.1, 0.15) is 0 Å². The van der Waals surface area contributed by atoms with E-state index in [-0.39, 0.29) is 0 Å². The third-order valence-electron chi connectivity index (χ3n) is 4.00. The number of nitrogens with zero attached hydrogens (tertiary/aromatic N) is 4. The van der Waals surface area contributed by atoms with Gasteiger partial charge in [0.25, 0.3) is 0 Å². The lowest BCUT2D eigenvalue weighted by Gasteiger charge is -2.30. The Labute approximate surface area is 114 Å². The molecule has 2 bridgehead atoms. The van der Waals surface area contributed by atoms with E-state index in [9.17, 15) is 0 Å². The topological polar surface area (TPSA) is 41.5 Å². The number of rotatable bonds is 1. The van der Waals surface area contributed by atoms with Crippen LogP contribution in [0.3, 0.4) is 0 Å². The van der Waals surface area contributed by atoms with Crippen molar-refractivity contribution in [1.29, 1.82) is 0 Å². The minimum Gasteiger partial charge on any atom is -0.379 e. The molecule has 19 heavy (non-hydrogen) atoms. The minimum atomic E-state index is 0.442. The molecule has 0 unspecified atom stereocenters. The van der Waals surface area contributed by atoms with E-state index >= 15 is 0 Å². The van der Waals surface area contributed by atoms with Gasteiger partial charge in [-0.15, -0.1) is 0 Å². The van der Waals surface area contributed by atoms with E-state index in [1.807, 2.05) is 19.9 Å². The number of fused-ring (bicyclic) bond motifs is 3. The van der Waals surface area contributed by atoms with Gasteiger partial charge >= 0.3 is 0 Å². The summed E-state index contributed by atoms with van der Waals surface area (Å²) < 4.78 is 5.75. The van der Waals surface area contributed by atoms with E-state index < -0.39 is 0 Å². The zero-order valence-corrected chi connectivity index (χ0v) is 12.0. The highest BCUT2D eigenvalue weighted by Crippen LogP contribution is 2.21. The molecule has 0 amide bonds. The molecule has 2 aliphatic heterocycles. The Morgan fingerprint density at radius 2 is 1.84 bits per heavy atom. The molecule has 1 aromatic heterocycles. The summed E-state index contributed by atoms with van der Waals surface area (Å²) in [6, 6.07) is 2.47. The zero-order valence-electron chi connectivity index (χ0n) is 12.0. The summed E-state index contributed by atoms with van der Waals surface area (Å²) in [7, 11) is 2.19. The molecular formula is C14H22N4O.